The van der Waals surface area contributed by atoms with Crippen LogP contribution < -0.4 is 11.3 Å². The molecular weight excluding hydrogens is 234 g/mol. The molecule has 1 unspecified atom stereocenters. The maximum absolute atomic E-state index is 5.72. The fraction of sp³-hybridized carbons (Fsp3) is 0.0625. The molecule has 0 bridgehead atoms. The van der Waals surface area contributed by atoms with Crippen LogP contribution in [0, 0.1) is 0 Å². The molecule has 2 aromatic carbocycles. The SMILES string of the molecule is NNC(c1ccccc1)c1ccc2ncccc2c1. The fourth-order valence-corrected chi connectivity index (χ4v) is 2.30. The van der Waals surface area contributed by atoms with E-state index in [1.807, 2.05) is 30.3 Å². The first-order valence-corrected chi connectivity index (χ1v) is 6.24. The van der Waals surface area contributed by atoms with E-state index in [1.165, 1.54) is 0 Å². The summed E-state index contributed by atoms with van der Waals surface area (Å²) in [5, 5.41) is 1.12. The number of hydrogen-bond donors (Lipinski definition) is 2. The second kappa shape index (κ2) is 5.18. The van der Waals surface area contributed by atoms with Crippen molar-refractivity contribution in [2.24, 2.45) is 5.84 Å². The quantitative estimate of drug-likeness (QED) is 0.554. The second-order valence-corrected chi connectivity index (χ2v) is 4.47. The van der Waals surface area contributed by atoms with Crippen LogP contribution in [0.3, 0.4) is 0 Å². The molecule has 3 nitrogen and oxygen atoms in total. The Morgan fingerprint density at radius 3 is 2.53 bits per heavy atom. The molecule has 0 aliphatic rings. The fourth-order valence-electron chi connectivity index (χ4n) is 2.30. The van der Waals surface area contributed by atoms with Gasteiger partial charge in [0.15, 0.2) is 0 Å². The summed E-state index contributed by atoms with van der Waals surface area (Å²) in [6.45, 7) is 0. The van der Waals surface area contributed by atoms with Crippen molar-refractivity contribution in [3.05, 3.63) is 78.0 Å². The predicted molar refractivity (Wildman–Crippen MR) is 77.4 cm³/mol. The van der Waals surface area contributed by atoms with Gasteiger partial charge in [-0.05, 0) is 29.3 Å². The van der Waals surface area contributed by atoms with Gasteiger partial charge in [-0.2, -0.15) is 0 Å². The zero-order chi connectivity index (χ0) is 13.1. The van der Waals surface area contributed by atoms with Crippen LogP contribution in [0.5, 0.6) is 0 Å². The van der Waals surface area contributed by atoms with Gasteiger partial charge in [-0.1, -0.05) is 42.5 Å². The van der Waals surface area contributed by atoms with Crippen molar-refractivity contribution in [1.29, 1.82) is 0 Å². The Bertz CT molecular complexity index is 680. The second-order valence-electron chi connectivity index (χ2n) is 4.47. The third kappa shape index (κ3) is 2.34. The van der Waals surface area contributed by atoms with Gasteiger partial charge in [-0.15, -0.1) is 0 Å². The van der Waals surface area contributed by atoms with Crippen molar-refractivity contribution in [3.8, 4) is 0 Å². The Balaban J connectivity index is 2.06. The topological polar surface area (TPSA) is 50.9 Å². The van der Waals surface area contributed by atoms with Gasteiger partial charge in [0.1, 0.15) is 0 Å². The molecule has 1 heterocycles. The molecule has 3 heteroatoms. The van der Waals surface area contributed by atoms with Crippen LogP contribution in [0.1, 0.15) is 17.2 Å². The molecule has 0 spiro atoms. The van der Waals surface area contributed by atoms with Gasteiger partial charge < -0.3 is 0 Å². The molecule has 0 amide bonds. The Hall–Kier alpha value is -2.23. The van der Waals surface area contributed by atoms with Gasteiger partial charge in [-0.3, -0.25) is 10.8 Å². The van der Waals surface area contributed by atoms with Crippen molar-refractivity contribution in [2.45, 2.75) is 6.04 Å². The van der Waals surface area contributed by atoms with Gasteiger partial charge >= 0.3 is 0 Å². The summed E-state index contributed by atoms with van der Waals surface area (Å²) in [5.41, 5.74) is 6.15. The zero-order valence-electron chi connectivity index (χ0n) is 10.5. The number of nitrogens with one attached hydrogen (secondary N) is 1. The van der Waals surface area contributed by atoms with Gasteiger partial charge in [0.05, 0.1) is 11.6 Å². The number of pyridine rings is 1. The van der Waals surface area contributed by atoms with Crippen LogP contribution in [0.25, 0.3) is 10.9 Å². The number of fused-ring (bicyclic) bond motifs is 1. The zero-order valence-corrected chi connectivity index (χ0v) is 10.5. The predicted octanol–water partition coefficient (Wildman–Crippen LogP) is 2.79. The summed E-state index contributed by atoms with van der Waals surface area (Å²) in [7, 11) is 0. The molecule has 1 atom stereocenters. The summed E-state index contributed by atoms with van der Waals surface area (Å²) in [6, 6.07) is 20.4. The first-order valence-electron chi connectivity index (χ1n) is 6.24. The van der Waals surface area contributed by atoms with E-state index < -0.39 is 0 Å². The molecule has 3 N–H and O–H groups in total. The molecule has 0 aliphatic heterocycles. The van der Waals surface area contributed by atoms with Gasteiger partial charge in [0.2, 0.25) is 0 Å². The summed E-state index contributed by atoms with van der Waals surface area (Å²) < 4.78 is 0. The average molecular weight is 249 g/mol. The highest BCUT2D eigenvalue weighted by atomic mass is 15.2. The largest absolute Gasteiger partial charge is 0.271 e. The molecule has 0 radical (unpaired) electrons. The Morgan fingerprint density at radius 1 is 0.895 bits per heavy atom. The van der Waals surface area contributed by atoms with E-state index in [1.54, 1.807) is 6.20 Å². The minimum absolute atomic E-state index is 0.00851. The monoisotopic (exact) mass is 249 g/mol. The molecule has 94 valence electrons. The average Bonchev–Trinajstić information content (AvgIpc) is 2.49. The van der Waals surface area contributed by atoms with E-state index in [0.717, 1.165) is 22.0 Å². The van der Waals surface area contributed by atoms with Crippen molar-refractivity contribution in [2.75, 3.05) is 0 Å². The van der Waals surface area contributed by atoms with Crippen molar-refractivity contribution in [1.82, 2.24) is 10.4 Å². The van der Waals surface area contributed by atoms with Gasteiger partial charge in [0, 0.05) is 11.6 Å². The molecular formula is C16H15N3. The first kappa shape index (κ1) is 11.8. The number of hydrazine groups is 1. The molecule has 19 heavy (non-hydrogen) atoms. The van der Waals surface area contributed by atoms with E-state index in [-0.39, 0.29) is 6.04 Å². The Kier molecular flexibility index (Phi) is 3.23. The number of nitrogens with zero attached hydrogens (tertiary/aromatic N) is 1. The van der Waals surface area contributed by atoms with Crippen molar-refractivity contribution in [3.63, 3.8) is 0 Å². The lowest BCUT2D eigenvalue weighted by Crippen LogP contribution is -2.28. The summed E-state index contributed by atoms with van der Waals surface area (Å²) in [5.74, 6) is 5.72. The number of hydrogen-bond acceptors (Lipinski definition) is 3. The smallest absolute Gasteiger partial charge is 0.0710 e. The van der Waals surface area contributed by atoms with Crippen molar-refractivity contribution < 1.29 is 0 Å². The van der Waals surface area contributed by atoms with E-state index in [4.69, 9.17) is 5.84 Å². The molecule has 1 aromatic heterocycles. The molecule has 0 saturated carbocycles. The Morgan fingerprint density at radius 2 is 1.74 bits per heavy atom. The minimum Gasteiger partial charge on any atom is -0.271 e. The summed E-state index contributed by atoms with van der Waals surface area (Å²) >= 11 is 0. The third-order valence-corrected chi connectivity index (χ3v) is 3.26. The molecule has 0 fully saturated rings. The number of rotatable bonds is 3. The molecule has 3 aromatic rings. The van der Waals surface area contributed by atoms with E-state index in [2.05, 4.69) is 40.7 Å². The van der Waals surface area contributed by atoms with Crippen LogP contribution in [-0.4, -0.2) is 4.98 Å². The summed E-state index contributed by atoms with van der Waals surface area (Å²) in [4.78, 5) is 4.33. The van der Waals surface area contributed by atoms with E-state index >= 15 is 0 Å². The van der Waals surface area contributed by atoms with Gasteiger partial charge in [0.25, 0.3) is 0 Å². The number of aromatic nitrogens is 1. The van der Waals surface area contributed by atoms with E-state index in [0.29, 0.717) is 0 Å². The van der Waals surface area contributed by atoms with Crippen LogP contribution >= 0.6 is 0 Å². The highest BCUT2D eigenvalue weighted by Gasteiger charge is 2.12. The van der Waals surface area contributed by atoms with Crippen LogP contribution in [0.15, 0.2) is 66.9 Å². The molecule has 3 rings (SSSR count). The highest BCUT2D eigenvalue weighted by Crippen LogP contribution is 2.24. The number of benzene rings is 2. The number of nitrogens with two attached hydrogens (primary N) is 1. The maximum Gasteiger partial charge on any atom is 0.0710 e. The van der Waals surface area contributed by atoms with Gasteiger partial charge in [-0.25, -0.2) is 5.43 Å². The normalized spacial score (nSPS) is 12.5. The molecule has 0 saturated heterocycles. The van der Waals surface area contributed by atoms with Crippen LogP contribution in [0.4, 0.5) is 0 Å². The first-order chi connectivity index (χ1) is 9.38. The Labute approximate surface area is 112 Å². The lowest BCUT2D eigenvalue weighted by molar-refractivity contribution is 0.637. The van der Waals surface area contributed by atoms with E-state index in [9.17, 15) is 0 Å². The third-order valence-electron chi connectivity index (χ3n) is 3.26. The lowest BCUT2D eigenvalue weighted by Gasteiger charge is -2.17. The van der Waals surface area contributed by atoms with Crippen LogP contribution in [-0.2, 0) is 0 Å². The summed E-state index contributed by atoms with van der Waals surface area (Å²) in [6.07, 6.45) is 1.80. The molecule has 0 aliphatic carbocycles. The maximum atomic E-state index is 5.72. The standard InChI is InChI=1S/C16H15N3/c17-19-16(12-5-2-1-3-6-12)14-8-9-15-13(11-14)7-4-10-18-15/h1-11,16,19H,17H2. The lowest BCUT2D eigenvalue weighted by atomic mass is 9.98. The minimum atomic E-state index is -0.00851. The van der Waals surface area contributed by atoms with Crippen LogP contribution in [0.2, 0.25) is 0 Å². The highest BCUT2D eigenvalue weighted by molar-refractivity contribution is 5.79. The van der Waals surface area contributed by atoms with Crippen molar-refractivity contribution >= 4 is 10.9 Å².